The molecule has 1 aromatic carbocycles. The Morgan fingerprint density at radius 1 is 0.793 bits per heavy atom. The SMILES string of the molecule is CCCCC(F)=C(F)c1ccc(C2CCC(C3CCC(CCC)CC3)CC2)cc1. The van der Waals surface area contributed by atoms with Gasteiger partial charge in [0, 0.05) is 12.0 Å². The highest BCUT2D eigenvalue weighted by molar-refractivity contribution is 5.61. The van der Waals surface area contributed by atoms with Gasteiger partial charge < -0.3 is 0 Å². The molecule has 162 valence electrons. The quantitative estimate of drug-likeness (QED) is 0.406. The van der Waals surface area contributed by atoms with E-state index in [0.717, 1.165) is 24.2 Å². The normalized spacial score (nSPS) is 28.8. The molecule has 0 atom stereocenters. The van der Waals surface area contributed by atoms with Crippen LogP contribution in [0.1, 0.15) is 114 Å². The smallest absolute Gasteiger partial charge is 0.161 e. The third kappa shape index (κ3) is 6.15. The maximum Gasteiger partial charge on any atom is 0.161 e. The number of halogens is 2. The first-order valence-electron chi connectivity index (χ1n) is 12.3. The van der Waals surface area contributed by atoms with Gasteiger partial charge in [-0.25, -0.2) is 8.78 Å². The molecule has 0 aliphatic heterocycles. The number of hydrogen-bond acceptors (Lipinski definition) is 0. The average Bonchev–Trinajstić information content (AvgIpc) is 2.78. The lowest BCUT2D eigenvalue weighted by Gasteiger charge is -2.38. The van der Waals surface area contributed by atoms with Crippen LogP contribution in [0.3, 0.4) is 0 Å². The number of benzene rings is 1. The summed E-state index contributed by atoms with van der Waals surface area (Å²) in [6, 6.07) is 7.61. The van der Waals surface area contributed by atoms with Gasteiger partial charge in [0.2, 0.25) is 0 Å². The Kier molecular flexibility index (Phi) is 8.75. The van der Waals surface area contributed by atoms with Crippen molar-refractivity contribution in [2.75, 3.05) is 0 Å². The molecule has 0 saturated heterocycles. The van der Waals surface area contributed by atoms with Crippen LogP contribution in [0.15, 0.2) is 30.1 Å². The molecule has 2 heteroatoms. The molecule has 29 heavy (non-hydrogen) atoms. The van der Waals surface area contributed by atoms with Gasteiger partial charge in [0.1, 0.15) is 5.83 Å². The lowest BCUT2D eigenvalue weighted by Crippen LogP contribution is -2.25. The minimum Gasteiger partial charge on any atom is -0.209 e. The molecule has 2 saturated carbocycles. The molecule has 0 N–H and O–H groups in total. The molecule has 0 radical (unpaired) electrons. The van der Waals surface area contributed by atoms with Crippen molar-refractivity contribution in [3.63, 3.8) is 0 Å². The fourth-order valence-corrected chi connectivity index (χ4v) is 5.78. The van der Waals surface area contributed by atoms with Gasteiger partial charge in [-0.05, 0) is 74.2 Å². The van der Waals surface area contributed by atoms with Crippen LogP contribution in [0.4, 0.5) is 8.78 Å². The molecule has 2 aliphatic carbocycles. The van der Waals surface area contributed by atoms with Crippen LogP contribution in [0.2, 0.25) is 0 Å². The Labute approximate surface area is 177 Å². The van der Waals surface area contributed by atoms with Crippen molar-refractivity contribution >= 4 is 5.83 Å². The molecule has 0 aromatic heterocycles. The second kappa shape index (κ2) is 11.3. The van der Waals surface area contributed by atoms with Crippen LogP contribution < -0.4 is 0 Å². The zero-order chi connectivity index (χ0) is 20.6. The third-order valence-corrected chi connectivity index (χ3v) is 7.65. The van der Waals surface area contributed by atoms with Crippen LogP contribution >= 0.6 is 0 Å². The van der Waals surface area contributed by atoms with Gasteiger partial charge in [-0.3, -0.25) is 0 Å². The van der Waals surface area contributed by atoms with E-state index < -0.39 is 11.7 Å². The van der Waals surface area contributed by atoms with E-state index >= 15 is 0 Å². The zero-order valence-electron chi connectivity index (χ0n) is 18.6. The van der Waals surface area contributed by atoms with E-state index in [-0.39, 0.29) is 6.42 Å². The molecule has 1 aromatic rings. The summed E-state index contributed by atoms with van der Waals surface area (Å²) < 4.78 is 28.2. The Balaban J connectivity index is 1.50. The molecule has 0 heterocycles. The molecule has 0 nitrogen and oxygen atoms in total. The van der Waals surface area contributed by atoms with E-state index in [2.05, 4.69) is 6.92 Å². The van der Waals surface area contributed by atoms with Gasteiger partial charge in [0.15, 0.2) is 5.83 Å². The predicted molar refractivity (Wildman–Crippen MR) is 120 cm³/mol. The fraction of sp³-hybridized carbons (Fsp3) is 0.704. The summed E-state index contributed by atoms with van der Waals surface area (Å²) in [6.07, 6.45) is 15.5. The van der Waals surface area contributed by atoms with Crippen LogP contribution in [0.25, 0.3) is 5.83 Å². The largest absolute Gasteiger partial charge is 0.209 e. The molecule has 0 spiro atoms. The molecule has 0 amide bonds. The predicted octanol–water partition coefficient (Wildman–Crippen LogP) is 9.36. The molecular weight excluding hydrogens is 362 g/mol. The summed E-state index contributed by atoms with van der Waals surface area (Å²) in [5.74, 6) is 2.18. The molecule has 2 aliphatic rings. The van der Waals surface area contributed by atoms with Crippen LogP contribution in [0.5, 0.6) is 0 Å². The first-order valence-corrected chi connectivity index (χ1v) is 12.3. The Morgan fingerprint density at radius 2 is 1.38 bits per heavy atom. The molecule has 0 bridgehead atoms. The van der Waals surface area contributed by atoms with Crippen molar-refractivity contribution in [1.82, 2.24) is 0 Å². The first kappa shape index (κ1) is 22.5. The fourth-order valence-electron chi connectivity index (χ4n) is 5.78. The summed E-state index contributed by atoms with van der Waals surface area (Å²) in [5, 5.41) is 0. The zero-order valence-corrected chi connectivity index (χ0v) is 18.6. The summed E-state index contributed by atoms with van der Waals surface area (Å²) in [4.78, 5) is 0. The Morgan fingerprint density at radius 3 is 1.93 bits per heavy atom. The van der Waals surface area contributed by atoms with Gasteiger partial charge in [-0.2, -0.15) is 0 Å². The third-order valence-electron chi connectivity index (χ3n) is 7.65. The summed E-state index contributed by atoms with van der Waals surface area (Å²) >= 11 is 0. The summed E-state index contributed by atoms with van der Waals surface area (Å²) in [5.41, 5.74) is 1.69. The number of rotatable bonds is 8. The minimum absolute atomic E-state index is 0.203. The lowest BCUT2D eigenvalue weighted by molar-refractivity contribution is 0.156. The van der Waals surface area contributed by atoms with Crippen LogP contribution in [-0.4, -0.2) is 0 Å². The van der Waals surface area contributed by atoms with E-state index in [1.807, 2.05) is 19.1 Å². The van der Waals surface area contributed by atoms with Crippen molar-refractivity contribution in [3.8, 4) is 0 Å². The van der Waals surface area contributed by atoms with Crippen molar-refractivity contribution in [1.29, 1.82) is 0 Å². The Bertz CT molecular complexity index is 629. The first-order chi connectivity index (χ1) is 14.1. The van der Waals surface area contributed by atoms with Gasteiger partial charge in [0.05, 0.1) is 0 Å². The van der Waals surface area contributed by atoms with Gasteiger partial charge in [0.25, 0.3) is 0 Å². The minimum atomic E-state index is -0.674. The van der Waals surface area contributed by atoms with E-state index in [0.29, 0.717) is 17.9 Å². The highest BCUT2D eigenvalue weighted by atomic mass is 19.2. The highest BCUT2D eigenvalue weighted by Crippen LogP contribution is 2.44. The van der Waals surface area contributed by atoms with Crippen molar-refractivity contribution in [2.24, 2.45) is 17.8 Å². The molecular formula is C27H40F2. The van der Waals surface area contributed by atoms with Gasteiger partial charge in [-0.15, -0.1) is 0 Å². The number of unbranched alkanes of at least 4 members (excludes halogenated alkanes) is 1. The second-order valence-corrected chi connectivity index (χ2v) is 9.63. The number of hydrogen-bond donors (Lipinski definition) is 0. The second-order valence-electron chi connectivity index (χ2n) is 9.63. The van der Waals surface area contributed by atoms with E-state index in [1.54, 1.807) is 12.1 Å². The standard InChI is InChI=1S/C27H40F2/c1-3-5-7-26(28)27(29)25-18-16-24(17-19-25)23-14-12-22(13-15-23)21-10-8-20(6-4-2)9-11-21/h16-23H,3-15H2,1-2H3. The van der Waals surface area contributed by atoms with Gasteiger partial charge in [-0.1, -0.05) is 70.2 Å². The van der Waals surface area contributed by atoms with Crippen LogP contribution in [0, 0.1) is 17.8 Å². The topological polar surface area (TPSA) is 0 Å². The maximum atomic E-state index is 14.3. The van der Waals surface area contributed by atoms with E-state index in [4.69, 9.17) is 0 Å². The highest BCUT2D eigenvalue weighted by Gasteiger charge is 2.31. The monoisotopic (exact) mass is 402 g/mol. The van der Waals surface area contributed by atoms with E-state index in [9.17, 15) is 8.78 Å². The lowest BCUT2D eigenvalue weighted by atomic mass is 9.68. The number of allylic oxidation sites excluding steroid dienone is 1. The summed E-state index contributed by atoms with van der Waals surface area (Å²) in [7, 11) is 0. The van der Waals surface area contributed by atoms with Crippen molar-refractivity contribution in [3.05, 3.63) is 41.2 Å². The average molecular weight is 403 g/mol. The van der Waals surface area contributed by atoms with E-state index in [1.165, 1.54) is 69.8 Å². The van der Waals surface area contributed by atoms with Crippen molar-refractivity contribution < 1.29 is 8.78 Å². The summed E-state index contributed by atoms with van der Waals surface area (Å²) in [6.45, 7) is 4.31. The van der Waals surface area contributed by atoms with Crippen molar-refractivity contribution in [2.45, 2.75) is 103 Å². The van der Waals surface area contributed by atoms with Crippen LogP contribution in [-0.2, 0) is 0 Å². The van der Waals surface area contributed by atoms with Gasteiger partial charge >= 0.3 is 0 Å². The molecule has 3 rings (SSSR count). The maximum absolute atomic E-state index is 14.3. The Hall–Kier alpha value is -1.18. The molecule has 0 unspecified atom stereocenters. The molecule has 2 fully saturated rings.